The van der Waals surface area contributed by atoms with Crippen LogP contribution in [0.25, 0.3) is 0 Å². The predicted molar refractivity (Wildman–Crippen MR) is 90.0 cm³/mol. The number of benzene rings is 1. The van der Waals surface area contributed by atoms with Crippen molar-refractivity contribution < 1.29 is 14.3 Å². The van der Waals surface area contributed by atoms with Crippen molar-refractivity contribution >= 4 is 11.8 Å². The molecule has 0 bridgehead atoms. The number of urea groups is 1. The number of amides is 2. The topological polar surface area (TPSA) is 79.2 Å². The van der Waals surface area contributed by atoms with Crippen LogP contribution in [0.1, 0.15) is 32.4 Å². The van der Waals surface area contributed by atoms with Gasteiger partial charge in [0.2, 0.25) is 0 Å². The van der Waals surface area contributed by atoms with Gasteiger partial charge < -0.3 is 10.4 Å². The van der Waals surface area contributed by atoms with Gasteiger partial charge in [-0.2, -0.15) is 5.10 Å². The summed E-state index contributed by atoms with van der Waals surface area (Å²) in [6, 6.07) is 6.27. The quantitative estimate of drug-likeness (QED) is 0.760. The molecule has 0 saturated heterocycles. The maximum Gasteiger partial charge on any atom is 0.320 e. The molecule has 130 valence electrons. The van der Waals surface area contributed by atoms with Crippen LogP contribution in [0, 0.1) is 11.7 Å². The number of aromatic nitrogens is 2. The number of aliphatic hydroxyl groups is 1. The first-order valence-electron chi connectivity index (χ1n) is 7.89. The summed E-state index contributed by atoms with van der Waals surface area (Å²) in [7, 11) is 0. The third-order valence-electron chi connectivity index (χ3n) is 3.54. The fourth-order valence-corrected chi connectivity index (χ4v) is 2.32. The zero-order valence-corrected chi connectivity index (χ0v) is 14.0. The molecule has 0 aliphatic rings. The minimum Gasteiger partial charge on any atom is -0.386 e. The summed E-state index contributed by atoms with van der Waals surface area (Å²) >= 11 is 0. The van der Waals surface area contributed by atoms with Gasteiger partial charge in [-0.05, 0) is 30.5 Å². The second-order valence-corrected chi connectivity index (χ2v) is 6.18. The van der Waals surface area contributed by atoms with Gasteiger partial charge in [-0.1, -0.05) is 26.0 Å². The Kier molecular flexibility index (Phi) is 5.92. The van der Waals surface area contributed by atoms with Crippen LogP contribution in [0.4, 0.5) is 15.0 Å². The lowest BCUT2D eigenvalue weighted by Crippen LogP contribution is -2.40. The average molecular weight is 334 g/mol. The van der Waals surface area contributed by atoms with Crippen LogP contribution in [0.5, 0.6) is 0 Å². The number of rotatable bonds is 6. The Bertz CT molecular complexity index is 669. The highest BCUT2D eigenvalue weighted by Gasteiger charge is 2.19. The lowest BCUT2D eigenvalue weighted by Gasteiger charge is -2.21. The summed E-state index contributed by atoms with van der Waals surface area (Å²) in [6.07, 6.45) is 0.686. The third kappa shape index (κ3) is 4.79. The van der Waals surface area contributed by atoms with Crippen molar-refractivity contribution in [3.8, 4) is 0 Å². The number of nitrogens with one attached hydrogen (secondary N) is 2. The van der Waals surface area contributed by atoms with E-state index in [1.54, 1.807) is 23.9 Å². The summed E-state index contributed by atoms with van der Waals surface area (Å²) in [6.45, 7) is 6.49. The zero-order valence-electron chi connectivity index (χ0n) is 14.0. The molecule has 1 aromatic carbocycles. The highest BCUT2D eigenvalue weighted by molar-refractivity contribution is 5.88. The molecule has 24 heavy (non-hydrogen) atoms. The Morgan fingerprint density at radius 3 is 2.54 bits per heavy atom. The molecule has 2 amide bonds. The van der Waals surface area contributed by atoms with Crippen LogP contribution in [0.15, 0.2) is 36.5 Å². The van der Waals surface area contributed by atoms with Crippen molar-refractivity contribution in [1.82, 2.24) is 15.1 Å². The van der Waals surface area contributed by atoms with Gasteiger partial charge in [-0.15, -0.1) is 0 Å². The van der Waals surface area contributed by atoms with Gasteiger partial charge in [0.05, 0.1) is 18.3 Å². The fourth-order valence-electron chi connectivity index (χ4n) is 2.32. The van der Waals surface area contributed by atoms with Crippen LogP contribution in [0.2, 0.25) is 0 Å². The molecule has 2 atom stereocenters. The van der Waals surface area contributed by atoms with Gasteiger partial charge in [0, 0.05) is 12.6 Å². The van der Waals surface area contributed by atoms with Gasteiger partial charge in [0.15, 0.2) is 0 Å². The van der Waals surface area contributed by atoms with E-state index in [-0.39, 0.29) is 5.82 Å². The van der Waals surface area contributed by atoms with Gasteiger partial charge in [0.25, 0.3) is 0 Å². The van der Waals surface area contributed by atoms with Crippen LogP contribution < -0.4 is 10.6 Å². The fraction of sp³-hybridized carbons (Fsp3) is 0.412. The highest BCUT2D eigenvalue weighted by Crippen LogP contribution is 2.17. The molecule has 0 saturated carbocycles. The Hall–Kier alpha value is -2.41. The number of aliphatic hydroxyl groups excluding tert-OH is 1. The third-order valence-corrected chi connectivity index (χ3v) is 3.54. The molecule has 1 aromatic heterocycles. The van der Waals surface area contributed by atoms with Gasteiger partial charge in [-0.25, -0.2) is 13.9 Å². The Morgan fingerprint density at radius 2 is 1.92 bits per heavy atom. The number of nitrogens with zero attached hydrogens (tertiary/aromatic N) is 2. The lowest BCUT2D eigenvalue weighted by atomic mass is 10.0. The SMILES string of the molecule is CC(C)Cn1nccc1NC(=O)N[C@@H](C)[C@H](O)c1ccc(F)cc1. The van der Waals surface area contributed by atoms with Crippen molar-refractivity contribution in [2.45, 2.75) is 39.5 Å². The van der Waals surface area contributed by atoms with Gasteiger partial charge in [0.1, 0.15) is 11.6 Å². The van der Waals surface area contributed by atoms with E-state index in [2.05, 4.69) is 29.6 Å². The van der Waals surface area contributed by atoms with Crippen LogP contribution in [-0.2, 0) is 6.54 Å². The standard InChI is InChI=1S/C17H23FN4O2/c1-11(2)10-22-15(8-9-19-22)21-17(24)20-12(3)16(23)13-4-6-14(18)7-5-13/h4-9,11-12,16,23H,10H2,1-3H3,(H2,20,21,24)/t12-,16-/m0/s1. The van der Waals surface area contributed by atoms with E-state index in [4.69, 9.17) is 0 Å². The van der Waals surface area contributed by atoms with E-state index < -0.39 is 18.2 Å². The maximum absolute atomic E-state index is 12.9. The number of halogens is 1. The zero-order chi connectivity index (χ0) is 17.7. The monoisotopic (exact) mass is 334 g/mol. The van der Waals surface area contributed by atoms with Crippen LogP contribution >= 0.6 is 0 Å². The summed E-state index contributed by atoms with van der Waals surface area (Å²) < 4.78 is 14.6. The molecule has 0 fully saturated rings. The molecule has 2 rings (SSSR count). The number of anilines is 1. The normalized spacial score (nSPS) is 13.6. The van der Waals surface area contributed by atoms with Crippen molar-refractivity contribution in [3.63, 3.8) is 0 Å². The smallest absolute Gasteiger partial charge is 0.320 e. The van der Waals surface area contributed by atoms with Crippen molar-refractivity contribution in [1.29, 1.82) is 0 Å². The minimum atomic E-state index is -0.933. The molecule has 0 unspecified atom stereocenters. The number of carbonyl (C=O) groups excluding carboxylic acids is 1. The molecule has 3 N–H and O–H groups in total. The minimum absolute atomic E-state index is 0.372. The van der Waals surface area contributed by atoms with E-state index in [0.29, 0.717) is 23.8 Å². The van der Waals surface area contributed by atoms with Crippen LogP contribution in [-0.4, -0.2) is 27.0 Å². The molecular weight excluding hydrogens is 311 g/mol. The molecule has 0 aliphatic carbocycles. The van der Waals surface area contributed by atoms with Crippen molar-refractivity contribution in [2.75, 3.05) is 5.32 Å². The highest BCUT2D eigenvalue weighted by atomic mass is 19.1. The second kappa shape index (κ2) is 7.92. The van der Waals surface area contributed by atoms with Crippen LogP contribution in [0.3, 0.4) is 0 Å². The van der Waals surface area contributed by atoms with Crippen molar-refractivity contribution in [2.24, 2.45) is 5.92 Å². The average Bonchev–Trinajstić information content (AvgIpc) is 2.93. The van der Waals surface area contributed by atoms with Crippen molar-refractivity contribution in [3.05, 3.63) is 47.9 Å². The largest absolute Gasteiger partial charge is 0.386 e. The maximum atomic E-state index is 12.9. The first kappa shape index (κ1) is 17.9. The first-order valence-corrected chi connectivity index (χ1v) is 7.89. The lowest BCUT2D eigenvalue weighted by molar-refractivity contribution is 0.139. The number of hydrogen-bond acceptors (Lipinski definition) is 3. The van der Waals surface area contributed by atoms with E-state index in [9.17, 15) is 14.3 Å². The number of hydrogen-bond donors (Lipinski definition) is 3. The molecule has 0 spiro atoms. The summed E-state index contributed by atoms with van der Waals surface area (Å²) in [5.41, 5.74) is 0.536. The number of carbonyl (C=O) groups is 1. The van der Waals surface area contributed by atoms with E-state index in [1.807, 2.05) is 0 Å². The Labute approximate surface area is 140 Å². The second-order valence-electron chi connectivity index (χ2n) is 6.18. The molecule has 2 aromatic rings. The Morgan fingerprint density at radius 1 is 1.25 bits per heavy atom. The van der Waals surface area contributed by atoms with E-state index >= 15 is 0 Å². The van der Waals surface area contributed by atoms with Gasteiger partial charge >= 0.3 is 6.03 Å². The summed E-state index contributed by atoms with van der Waals surface area (Å²) in [4.78, 5) is 12.1. The summed E-state index contributed by atoms with van der Waals surface area (Å²) in [5.74, 6) is 0.611. The molecular formula is C17H23FN4O2. The molecule has 0 aliphatic heterocycles. The molecule has 6 nitrogen and oxygen atoms in total. The van der Waals surface area contributed by atoms with E-state index in [0.717, 1.165) is 0 Å². The summed E-state index contributed by atoms with van der Waals surface area (Å²) in [5, 5.41) is 19.8. The Balaban J connectivity index is 1.94. The van der Waals surface area contributed by atoms with Gasteiger partial charge in [-0.3, -0.25) is 5.32 Å². The first-order chi connectivity index (χ1) is 11.4. The molecule has 0 radical (unpaired) electrons. The molecule has 7 heteroatoms. The predicted octanol–water partition coefficient (Wildman–Crippen LogP) is 2.92. The van der Waals surface area contributed by atoms with E-state index in [1.165, 1.54) is 24.3 Å². The molecule has 1 heterocycles.